The second-order valence-corrected chi connectivity index (χ2v) is 6.63. The minimum atomic E-state index is 0.326. The van der Waals surface area contributed by atoms with E-state index < -0.39 is 0 Å². The lowest BCUT2D eigenvalue weighted by molar-refractivity contribution is -0.121. The first kappa shape index (κ1) is 17.4. The van der Waals surface area contributed by atoms with Crippen molar-refractivity contribution in [2.75, 3.05) is 13.1 Å². The molecule has 0 amide bonds. The first-order valence-electron chi connectivity index (χ1n) is 9.10. The number of benzene rings is 2. The SMILES string of the molecule is O=C1CCN(Cc2nc(-c3ccc(OCc4ccccc4)cc3)no2)CC1. The Hall–Kier alpha value is -2.99. The van der Waals surface area contributed by atoms with Gasteiger partial charge in [-0.25, -0.2) is 0 Å². The Bertz CT molecular complexity index is 881. The zero-order chi connectivity index (χ0) is 18.5. The predicted molar refractivity (Wildman–Crippen MR) is 100 cm³/mol. The summed E-state index contributed by atoms with van der Waals surface area (Å²) in [7, 11) is 0. The van der Waals surface area contributed by atoms with Crippen LogP contribution in [0.5, 0.6) is 5.75 Å². The molecule has 0 atom stereocenters. The molecule has 2 heterocycles. The van der Waals surface area contributed by atoms with Crippen molar-refractivity contribution in [1.82, 2.24) is 15.0 Å². The van der Waals surface area contributed by atoms with Crippen LogP contribution in [0.4, 0.5) is 0 Å². The van der Waals surface area contributed by atoms with Crippen molar-refractivity contribution in [3.63, 3.8) is 0 Å². The largest absolute Gasteiger partial charge is 0.489 e. The van der Waals surface area contributed by atoms with Crippen molar-refractivity contribution < 1.29 is 14.1 Å². The lowest BCUT2D eigenvalue weighted by atomic mass is 10.1. The maximum Gasteiger partial charge on any atom is 0.241 e. The van der Waals surface area contributed by atoms with Crippen molar-refractivity contribution >= 4 is 5.78 Å². The van der Waals surface area contributed by atoms with E-state index in [9.17, 15) is 4.79 Å². The smallest absolute Gasteiger partial charge is 0.241 e. The first-order chi connectivity index (χ1) is 13.3. The number of likely N-dealkylation sites (tertiary alicyclic amines) is 1. The number of ketones is 1. The summed E-state index contributed by atoms with van der Waals surface area (Å²) in [6, 6.07) is 17.7. The number of rotatable bonds is 6. The Labute approximate surface area is 157 Å². The molecule has 0 spiro atoms. The van der Waals surface area contributed by atoms with Gasteiger partial charge in [0.1, 0.15) is 18.1 Å². The monoisotopic (exact) mass is 363 g/mol. The molecule has 1 aliphatic heterocycles. The molecule has 0 saturated carbocycles. The predicted octanol–water partition coefficient (Wildman–Crippen LogP) is 3.48. The summed E-state index contributed by atoms with van der Waals surface area (Å²) in [6.07, 6.45) is 1.21. The highest BCUT2D eigenvalue weighted by molar-refractivity contribution is 5.79. The van der Waals surface area contributed by atoms with Crippen LogP contribution in [0.3, 0.4) is 0 Å². The Balaban J connectivity index is 1.35. The van der Waals surface area contributed by atoms with Crippen LogP contribution in [0, 0.1) is 0 Å². The molecule has 6 nitrogen and oxygen atoms in total. The van der Waals surface area contributed by atoms with Crippen LogP contribution in [0.15, 0.2) is 59.1 Å². The number of hydrogen-bond donors (Lipinski definition) is 0. The number of aromatic nitrogens is 2. The summed E-state index contributed by atoms with van der Waals surface area (Å²) >= 11 is 0. The third-order valence-corrected chi connectivity index (χ3v) is 4.60. The van der Waals surface area contributed by atoms with Crippen LogP contribution in [-0.2, 0) is 17.9 Å². The average molecular weight is 363 g/mol. The highest BCUT2D eigenvalue weighted by atomic mass is 16.5. The van der Waals surface area contributed by atoms with E-state index in [1.807, 2.05) is 54.6 Å². The summed E-state index contributed by atoms with van der Waals surface area (Å²) in [6.45, 7) is 2.62. The summed E-state index contributed by atoms with van der Waals surface area (Å²) in [5, 5.41) is 4.07. The molecule has 4 rings (SSSR count). The summed E-state index contributed by atoms with van der Waals surface area (Å²) in [5.41, 5.74) is 2.01. The van der Waals surface area contributed by atoms with Gasteiger partial charge in [-0.05, 0) is 29.8 Å². The molecular formula is C21H21N3O3. The van der Waals surface area contributed by atoms with Crippen molar-refractivity contribution in [2.45, 2.75) is 26.0 Å². The number of nitrogens with zero attached hydrogens (tertiary/aromatic N) is 3. The van der Waals surface area contributed by atoms with Gasteiger partial charge in [-0.3, -0.25) is 9.69 Å². The van der Waals surface area contributed by atoms with Gasteiger partial charge in [0.15, 0.2) is 0 Å². The Morgan fingerprint density at radius 2 is 1.74 bits per heavy atom. The highest BCUT2D eigenvalue weighted by Gasteiger charge is 2.19. The van der Waals surface area contributed by atoms with Gasteiger partial charge in [-0.15, -0.1) is 0 Å². The fraction of sp³-hybridized carbons (Fsp3) is 0.286. The van der Waals surface area contributed by atoms with E-state index >= 15 is 0 Å². The Morgan fingerprint density at radius 3 is 2.48 bits per heavy atom. The van der Waals surface area contributed by atoms with E-state index in [0.29, 0.717) is 43.5 Å². The van der Waals surface area contributed by atoms with Crippen molar-refractivity contribution in [1.29, 1.82) is 0 Å². The molecule has 2 aromatic carbocycles. The van der Waals surface area contributed by atoms with Gasteiger partial charge in [0, 0.05) is 31.5 Å². The van der Waals surface area contributed by atoms with Gasteiger partial charge < -0.3 is 9.26 Å². The third kappa shape index (κ3) is 4.60. The zero-order valence-corrected chi connectivity index (χ0v) is 15.0. The number of hydrogen-bond acceptors (Lipinski definition) is 6. The normalized spacial score (nSPS) is 15.0. The van der Waals surface area contributed by atoms with Gasteiger partial charge in [-0.2, -0.15) is 4.98 Å². The molecule has 138 valence electrons. The fourth-order valence-electron chi connectivity index (χ4n) is 3.03. The molecule has 1 aliphatic rings. The van der Waals surface area contributed by atoms with Crippen LogP contribution in [-0.4, -0.2) is 33.9 Å². The van der Waals surface area contributed by atoms with E-state index in [1.54, 1.807) is 0 Å². The van der Waals surface area contributed by atoms with Gasteiger partial charge in [0.2, 0.25) is 11.7 Å². The van der Waals surface area contributed by atoms with E-state index in [2.05, 4.69) is 15.0 Å². The van der Waals surface area contributed by atoms with E-state index in [0.717, 1.165) is 30.0 Å². The quantitative estimate of drug-likeness (QED) is 0.668. The molecular weight excluding hydrogens is 342 g/mol. The maximum absolute atomic E-state index is 11.3. The topological polar surface area (TPSA) is 68.5 Å². The molecule has 1 aromatic heterocycles. The van der Waals surface area contributed by atoms with Crippen LogP contribution in [0.25, 0.3) is 11.4 Å². The standard InChI is InChI=1S/C21H21N3O3/c25-18-10-12-24(13-11-18)14-20-22-21(23-27-20)17-6-8-19(9-7-17)26-15-16-4-2-1-3-5-16/h1-9H,10-15H2. The van der Waals surface area contributed by atoms with Crippen molar-refractivity contribution in [3.05, 3.63) is 66.1 Å². The van der Waals surface area contributed by atoms with E-state index in [1.165, 1.54) is 0 Å². The number of carbonyl (C=O) groups is 1. The minimum absolute atomic E-state index is 0.326. The van der Waals surface area contributed by atoms with Crippen LogP contribution in [0.1, 0.15) is 24.3 Å². The van der Waals surface area contributed by atoms with Gasteiger partial charge in [0.05, 0.1) is 6.54 Å². The lowest BCUT2D eigenvalue weighted by Crippen LogP contribution is -2.33. The summed E-state index contributed by atoms with van der Waals surface area (Å²) in [5.74, 6) is 2.26. The van der Waals surface area contributed by atoms with Crippen molar-refractivity contribution in [3.8, 4) is 17.1 Å². The number of Topliss-reactive ketones (excluding diaryl/α,β-unsaturated/α-hetero) is 1. The highest BCUT2D eigenvalue weighted by Crippen LogP contribution is 2.21. The molecule has 1 saturated heterocycles. The molecule has 0 bridgehead atoms. The van der Waals surface area contributed by atoms with Gasteiger partial charge in [0.25, 0.3) is 0 Å². The second-order valence-electron chi connectivity index (χ2n) is 6.63. The molecule has 1 fully saturated rings. The molecule has 0 N–H and O–H groups in total. The van der Waals surface area contributed by atoms with Gasteiger partial charge >= 0.3 is 0 Å². The number of carbonyl (C=O) groups excluding carboxylic acids is 1. The first-order valence-corrected chi connectivity index (χ1v) is 9.10. The van der Waals surface area contributed by atoms with Crippen LogP contribution >= 0.6 is 0 Å². The van der Waals surface area contributed by atoms with Crippen LogP contribution < -0.4 is 4.74 Å². The average Bonchev–Trinajstić information content (AvgIpc) is 3.18. The minimum Gasteiger partial charge on any atom is -0.489 e. The number of ether oxygens (including phenoxy) is 1. The summed E-state index contributed by atoms with van der Waals surface area (Å²) < 4.78 is 11.2. The zero-order valence-electron chi connectivity index (χ0n) is 15.0. The number of piperidine rings is 1. The Kier molecular flexibility index (Phi) is 5.25. The molecule has 3 aromatic rings. The van der Waals surface area contributed by atoms with Crippen LogP contribution in [0.2, 0.25) is 0 Å². The summed E-state index contributed by atoms with van der Waals surface area (Å²) in [4.78, 5) is 18.0. The Morgan fingerprint density at radius 1 is 1.00 bits per heavy atom. The van der Waals surface area contributed by atoms with E-state index in [-0.39, 0.29) is 0 Å². The fourth-order valence-corrected chi connectivity index (χ4v) is 3.03. The second kappa shape index (κ2) is 8.14. The van der Waals surface area contributed by atoms with Crippen molar-refractivity contribution in [2.24, 2.45) is 0 Å². The molecule has 6 heteroatoms. The molecule has 0 aliphatic carbocycles. The van der Waals surface area contributed by atoms with Gasteiger partial charge in [-0.1, -0.05) is 35.5 Å². The lowest BCUT2D eigenvalue weighted by Gasteiger charge is -2.23. The molecule has 0 radical (unpaired) electrons. The van der Waals surface area contributed by atoms with E-state index in [4.69, 9.17) is 9.26 Å². The molecule has 0 unspecified atom stereocenters. The molecule has 27 heavy (non-hydrogen) atoms. The maximum atomic E-state index is 11.3. The third-order valence-electron chi connectivity index (χ3n) is 4.60.